The van der Waals surface area contributed by atoms with Crippen LogP contribution in [0.2, 0.25) is 0 Å². The Morgan fingerprint density at radius 1 is 1.25 bits per heavy atom. The Kier molecular flexibility index (Phi) is 3.05. The summed E-state index contributed by atoms with van der Waals surface area (Å²) in [6.45, 7) is 0. The van der Waals surface area contributed by atoms with E-state index in [0.29, 0.717) is 28.4 Å². The van der Waals surface area contributed by atoms with E-state index in [0.717, 1.165) is 10.2 Å². The lowest BCUT2D eigenvalue weighted by atomic mass is 10.2. The number of rotatable bonds is 2. The lowest BCUT2D eigenvalue weighted by Crippen LogP contribution is -1.91. The van der Waals surface area contributed by atoms with Crippen molar-refractivity contribution in [2.24, 2.45) is 0 Å². The number of fused-ring (bicyclic) bond motifs is 1. The largest absolute Gasteiger partial charge is 0.423 e. The van der Waals surface area contributed by atoms with Crippen LogP contribution in [0.1, 0.15) is 5.56 Å². The van der Waals surface area contributed by atoms with Crippen LogP contribution in [0.15, 0.2) is 45.3 Å². The monoisotopic (exact) mass is 328 g/mol. The van der Waals surface area contributed by atoms with Gasteiger partial charge in [0.2, 0.25) is 0 Å². The van der Waals surface area contributed by atoms with Gasteiger partial charge in [-0.05, 0) is 52.3 Å². The van der Waals surface area contributed by atoms with E-state index in [-0.39, 0.29) is 0 Å². The number of oxazole rings is 1. The molecular formula is C14H9BrN4O. The van der Waals surface area contributed by atoms with Gasteiger partial charge in [0.1, 0.15) is 5.52 Å². The van der Waals surface area contributed by atoms with Gasteiger partial charge in [0.25, 0.3) is 6.01 Å². The SMILES string of the molecule is N#Cc1ccc(Nc2nc3cc(N)ccc3o2)c(Br)c1. The Morgan fingerprint density at radius 2 is 2.10 bits per heavy atom. The normalized spacial score (nSPS) is 10.4. The molecule has 6 heteroatoms. The minimum atomic E-state index is 0.371. The maximum atomic E-state index is 8.83. The average molecular weight is 329 g/mol. The molecule has 1 aromatic heterocycles. The number of benzene rings is 2. The Labute approximate surface area is 123 Å². The van der Waals surface area contributed by atoms with Crippen LogP contribution < -0.4 is 11.1 Å². The van der Waals surface area contributed by atoms with E-state index in [1.165, 1.54) is 0 Å². The maximum Gasteiger partial charge on any atom is 0.300 e. The van der Waals surface area contributed by atoms with Crippen LogP contribution in [-0.2, 0) is 0 Å². The fourth-order valence-electron chi connectivity index (χ4n) is 1.80. The topological polar surface area (TPSA) is 87.9 Å². The molecule has 0 amide bonds. The molecule has 0 fully saturated rings. The van der Waals surface area contributed by atoms with Crippen LogP contribution in [0.25, 0.3) is 11.1 Å². The van der Waals surface area contributed by atoms with Crippen LogP contribution >= 0.6 is 15.9 Å². The molecule has 0 radical (unpaired) electrons. The number of nitrogen functional groups attached to an aromatic ring is 1. The summed E-state index contributed by atoms with van der Waals surface area (Å²) in [5.41, 5.74) is 9.03. The van der Waals surface area contributed by atoms with Crippen LogP contribution in [0, 0.1) is 11.3 Å². The van der Waals surface area contributed by atoms with Crippen molar-refractivity contribution >= 4 is 44.4 Å². The molecule has 2 aromatic carbocycles. The molecule has 0 atom stereocenters. The van der Waals surface area contributed by atoms with Crippen molar-refractivity contribution in [3.05, 3.63) is 46.4 Å². The number of aromatic nitrogens is 1. The summed E-state index contributed by atoms with van der Waals surface area (Å²) in [6.07, 6.45) is 0. The third-order valence-electron chi connectivity index (χ3n) is 2.75. The summed E-state index contributed by atoms with van der Waals surface area (Å²) >= 11 is 3.40. The summed E-state index contributed by atoms with van der Waals surface area (Å²) in [6, 6.07) is 13.0. The van der Waals surface area contributed by atoms with E-state index < -0.39 is 0 Å². The standard InChI is InChI=1S/C14H9BrN4O/c15-10-5-8(7-16)1-3-11(10)18-14-19-12-6-9(17)2-4-13(12)20-14/h1-6H,17H2,(H,18,19). The van der Waals surface area contributed by atoms with Gasteiger partial charge in [-0.2, -0.15) is 10.2 Å². The van der Waals surface area contributed by atoms with E-state index in [4.69, 9.17) is 15.4 Å². The smallest absolute Gasteiger partial charge is 0.300 e. The number of anilines is 3. The molecule has 0 bridgehead atoms. The Balaban J connectivity index is 1.95. The second-order valence-corrected chi connectivity index (χ2v) is 5.03. The highest BCUT2D eigenvalue weighted by Gasteiger charge is 2.08. The predicted molar refractivity (Wildman–Crippen MR) is 80.6 cm³/mol. The highest BCUT2D eigenvalue weighted by atomic mass is 79.9. The van der Waals surface area contributed by atoms with E-state index >= 15 is 0 Å². The molecule has 3 N–H and O–H groups in total. The van der Waals surface area contributed by atoms with Crippen LogP contribution in [0.4, 0.5) is 17.4 Å². The van der Waals surface area contributed by atoms with Crippen molar-refractivity contribution in [1.29, 1.82) is 5.26 Å². The molecule has 98 valence electrons. The minimum Gasteiger partial charge on any atom is -0.423 e. The highest BCUT2D eigenvalue weighted by Crippen LogP contribution is 2.28. The van der Waals surface area contributed by atoms with Gasteiger partial charge in [0.05, 0.1) is 17.3 Å². The Bertz CT molecular complexity index is 835. The first kappa shape index (κ1) is 12.5. The molecule has 0 aliphatic rings. The fourth-order valence-corrected chi connectivity index (χ4v) is 2.28. The van der Waals surface area contributed by atoms with Crippen LogP contribution in [0.5, 0.6) is 0 Å². The fraction of sp³-hybridized carbons (Fsp3) is 0. The number of nitrogens with zero attached hydrogens (tertiary/aromatic N) is 2. The summed E-state index contributed by atoms with van der Waals surface area (Å²) < 4.78 is 6.34. The number of nitrogens with one attached hydrogen (secondary N) is 1. The molecule has 0 aliphatic heterocycles. The van der Waals surface area contributed by atoms with Crippen molar-refractivity contribution in [3.63, 3.8) is 0 Å². The molecule has 0 saturated heterocycles. The predicted octanol–water partition coefficient (Wildman–Crippen LogP) is 3.79. The van der Waals surface area contributed by atoms with Crippen molar-refractivity contribution in [3.8, 4) is 6.07 Å². The van der Waals surface area contributed by atoms with Gasteiger partial charge in [0, 0.05) is 10.2 Å². The number of nitriles is 1. The van der Waals surface area contributed by atoms with E-state index in [1.54, 1.807) is 36.4 Å². The Hall–Kier alpha value is -2.52. The third-order valence-corrected chi connectivity index (χ3v) is 3.41. The number of hydrogen-bond acceptors (Lipinski definition) is 5. The first-order valence-electron chi connectivity index (χ1n) is 5.78. The zero-order valence-electron chi connectivity index (χ0n) is 10.2. The van der Waals surface area contributed by atoms with Crippen LogP contribution in [0.3, 0.4) is 0 Å². The quantitative estimate of drug-likeness (QED) is 0.699. The van der Waals surface area contributed by atoms with Gasteiger partial charge in [-0.25, -0.2) is 0 Å². The van der Waals surface area contributed by atoms with E-state index in [9.17, 15) is 0 Å². The second kappa shape index (κ2) is 4.87. The molecule has 0 unspecified atom stereocenters. The number of halogens is 1. The minimum absolute atomic E-state index is 0.371. The zero-order valence-corrected chi connectivity index (χ0v) is 11.8. The first-order valence-corrected chi connectivity index (χ1v) is 6.58. The second-order valence-electron chi connectivity index (χ2n) is 4.18. The molecule has 1 heterocycles. The molecular weight excluding hydrogens is 320 g/mol. The average Bonchev–Trinajstić information content (AvgIpc) is 2.82. The highest BCUT2D eigenvalue weighted by molar-refractivity contribution is 9.10. The van der Waals surface area contributed by atoms with Crippen LogP contribution in [-0.4, -0.2) is 4.98 Å². The zero-order chi connectivity index (χ0) is 14.1. The van der Waals surface area contributed by atoms with Gasteiger partial charge >= 0.3 is 0 Å². The van der Waals surface area contributed by atoms with Crippen molar-refractivity contribution in [2.75, 3.05) is 11.1 Å². The van der Waals surface area contributed by atoms with Crippen molar-refractivity contribution in [1.82, 2.24) is 4.98 Å². The maximum absolute atomic E-state index is 8.83. The van der Waals surface area contributed by atoms with Gasteiger partial charge < -0.3 is 15.5 Å². The molecule has 0 saturated carbocycles. The van der Waals surface area contributed by atoms with Gasteiger partial charge in [-0.1, -0.05) is 0 Å². The summed E-state index contributed by atoms with van der Waals surface area (Å²) in [4.78, 5) is 4.31. The lowest BCUT2D eigenvalue weighted by molar-refractivity contribution is 0.623. The molecule has 20 heavy (non-hydrogen) atoms. The van der Waals surface area contributed by atoms with Gasteiger partial charge in [-0.15, -0.1) is 0 Å². The Morgan fingerprint density at radius 3 is 2.85 bits per heavy atom. The van der Waals surface area contributed by atoms with Crippen molar-refractivity contribution < 1.29 is 4.42 Å². The molecule has 3 aromatic rings. The third kappa shape index (κ3) is 2.31. The number of hydrogen-bond donors (Lipinski definition) is 2. The van der Waals surface area contributed by atoms with Crippen molar-refractivity contribution in [2.45, 2.75) is 0 Å². The summed E-state index contributed by atoms with van der Waals surface area (Å²) in [5.74, 6) is 0. The van der Waals surface area contributed by atoms with E-state index in [1.807, 2.05) is 0 Å². The first-order chi connectivity index (χ1) is 9.65. The van der Waals surface area contributed by atoms with Gasteiger partial charge in [-0.3, -0.25) is 0 Å². The molecule has 0 aliphatic carbocycles. The lowest BCUT2D eigenvalue weighted by Gasteiger charge is -2.04. The van der Waals surface area contributed by atoms with E-state index in [2.05, 4.69) is 32.3 Å². The summed E-state index contributed by atoms with van der Waals surface area (Å²) in [7, 11) is 0. The summed E-state index contributed by atoms with van der Waals surface area (Å²) in [5, 5.41) is 11.9. The molecule has 5 nitrogen and oxygen atoms in total. The number of nitrogens with two attached hydrogens (primary N) is 1. The van der Waals surface area contributed by atoms with Gasteiger partial charge in [0.15, 0.2) is 5.58 Å². The molecule has 3 rings (SSSR count). The molecule has 0 spiro atoms.